The van der Waals surface area contributed by atoms with Crippen molar-refractivity contribution in [2.75, 3.05) is 45.9 Å². The second-order valence-electron chi connectivity index (χ2n) is 9.63. The van der Waals surface area contributed by atoms with Crippen LogP contribution in [0.1, 0.15) is 57.6 Å². The van der Waals surface area contributed by atoms with E-state index in [-0.39, 0.29) is 23.8 Å². The fraction of sp³-hybridized carbons (Fsp3) is 0.680. The van der Waals surface area contributed by atoms with Crippen LogP contribution in [0.2, 0.25) is 0 Å². The lowest BCUT2D eigenvalue weighted by atomic mass is 9.94. The molecule has 0 spiro atoms. The molecule has 7 nitrogen and oxygen atoms in total. The van der Waals surface area contributed by atoms with Gasteiger partial charge < -0.3 is 19.7 Å². The topological polar surface area (TPSA) is 71.1 Å². The number of nitrogens with one attached hydrogen (secondary N) is 1. The number of ether oxygens (including phenoxy) is 2. The summed E-state index contributed by atoms with van der Waals surface area (Å²) in [5, 5.41) is 3.22. The predicted molar refractivity (Wildman–Crippen MR) is 123 cm³/mol. The summed E-state index contributed by atoms with van der Waals surface area (Å²) in [7, 11) is 0. The molecule has 1 atom stereocenters. The fourth-order valence-corrected chi connectivity index (χ4v) is 5.02. The van der Waals surface area contributed by atoms with Crippen LogP contribution in [-0.2, 0) is 9.59 Å². The van der Waals surface area contributed by atoms with Gasteiger partial charge in [-0.1, -0.05) is 19.9 Å². The van der Waals surface area contributed by atoms with Crippen molar-refractivity contribution in [3.8, 4) is 11.5 Å². The zero-order valence-electron chi connectivity index (χ0n) is 19.5. The highest BCUT2D eigenvalue weighted by atomic mass is 16.6. The number of likely N-dealkylation sites (tertiary alicyclic amines) is 2. The number of fused-ring (bicyclic) bond motifs is 1. The molecule has 2 amide bonds. The Morgan fingerprint density at radius 1 is 1.00 bits per heavy atom. The smallest absolute Gasteiger partial charge is 0.234 e. The number of hydrogen-bond acceptors (Lipinski definition) is 5. The van der Waals surface area contributed by atoms with Gasteiger partial charge in [0.25, 0.3) is 0 Å². The Morgan fingerprint density at radius 3 is 2.38 bits per heavy atom. The molecule has 4 rings (SSSR count). The molecule has 1 aromatic carbocycles. The maximum absolute atomic E-state index is 12.9. The molecule has 2 fully saturated rings. The number of carbonyl (C=O) groups is 2. The highest BCUT2D eigenvalue weighted by Crippen LogP contribution is 2.34. The van der Waals surface area contributed by atoms with E-state index in [0.29, 0.717) is 25.7 Å². The Morgan fingerprint density at radius 2 is 1.69 bits per heavy atom. The van der Waals surface area contributed by atoms with E-state index in [4.69, 9.17) is 9.47 Å². The van der Waals surface area contributed by atoms with Gasteiger partial charge in [-0.2, -0.15) is 0 Å². The zero-order valence-corrected chi connectivity index (χ0v) is 19.5. The maximum Gasteiger partial charge on any atom is 0.234 e. The van der Waals surface area contributed by atoms with Crippen LogP contribution < -0.4 is 14.8 Å². The van der Waals surface area contributed by atoms with E-state index in [1.165, 1.54) is 6.42 Å². The number of amides is 2. The summed E-state index contributed by atoms with van der Waals surface area (Å²) in [6.45, 7) is 9.14. The number of rotatable bonds is 6. The van der Waals surface area contributed by atoms with E-state index in [9.17, 15) is 9.59 Å². The molecule has 176 valence electrons. The van der Waals surface area contributed by atoms with Crippen molar-refractivity contribution in [3.63, 3.8) is 0 Å². The molecule has 0 radical (unpaired) electrons. The summed E-state index contributed by atoms with van der Waals surface area (Å²) in [5.41, 5.74) is 1.03. The number of piperidine rings is 2. The minimum Gasteiger partial charge on any atom is -0.486 e. The molecule has 3 aliphatic heterocycles. The molecule has 2 saturated heterocycles. The van der Waals surface area contributed by atoms with Crippen molar-refractivity contribution >= 4 is 11.8 Å². The highest BCUT2D eigenvalue weighted by Gasteiger charge is 2.30. The fourth-order valence-electron chi connectivity index (χ4n) is 5.02. The van der Waals surface area contributed by atoms with Crippen molar-refractivity contribution in [1.29, 1.82) is 0 Å². The summed E-state index contributed by atoms with van der Waals surface area (Å²) in [5.74, 6) is 2.22. The van der Waals surface area contributed by atoms with Crippen LogP contribution >= 0.6 is 0 Å². The van der Waals surface area contributed by atoms with E-state index in [2.05, 4.69) is 29.0 Å². The Bertz CT molecular complexity index is 798. The van der Waals surface area contributed by atoms with E-state index in [1.54, 1.807) is 0 Å². The number of nitrogens with zero attached hydrogens (tertiary/aromatic N) is 2. The third-order valence-electron chi connectivity index (χ3n) is 6.88. The normalized spacial score (nSPS) is 20.8. The van der Waals surface area contributed by atoms with Gasteiger partial charge in [-0.05, 0) is 68.8 Å². The molecule has 3 aliphatic rings. The van der Waals surface area contributed by atoms with Gasteiger partial charge in [0.15, 0.2) is 11.5 Å². The van der Waals surface area contributed by atoms with Crippen LogP contribution in [0.25, 0.3) is 0 Å². The average molecular weight is 444 g/mol. The van der Waals surface area contributed by atoms with Crippen LogP contribution in [0, 0.1) is 11.8 Å². The molecule has 1 aromatic rings. The maximum atomic E-state index is 12.9. The number of carbonyl (C=O) groups excluding carboxylic acids is 2. The monoisotopic (exact) mass is 443 g/mol. The lowest BCUT2D eigenvalue weighted by Crippen LogP contribution is -2.47. The van der Waals surface area contributed by atoms with E-state index < -0.39 is 0 Å². The molecule has 32 heavy (non-hydrogen) atoms. The van der Waals surface area contributed by atoms with Crippen LogP contribution in [0.3, 0.4) is 0 Å². The zero-order chi connectivity index (χ0) is 22.5. The molecule has 3 heterocycles. The van der Waals surface area contributed by atoms with Crippen LogP contribution in [0.15, 0.2) is 18.2 Å². The summed E-state index contributed by atoms with van der Waals surface area (Å²) < 4.78 is 11.3. The first-order valence-corrected chi connectivity index (χ1v) is 12.2. The Labute approximate surface area is 191 Å². The van der Waals surface area contributed by atoms with Gasteiger partial charge in [0.05, 0.1) is 12.6 Å². The SMILES string of the molecule is CC(C)[C@@H](NC(=O)CN1CCC(C(=O)N2CCCCC2)CC1)c1ccc2c(c1)OCCO2. The molecule has 0 unspecified atom stereocenters. The highest BCUT2D eigenvalue weighted by molar-refractivity contribution is 5.80. The lowest BCUT2D eigenvalue weighted by molar-refractivity contribution is -0.138. The number of hydrogen-bond donors (Lipinski definition) is 1. The average Bonchev–Trinajstić information content (AvgIpc) is 2.82. The van der Waals surface area contributed by atoms with E-state index >= 15 is 0 Å². The van der Waals surface area contributed by atoms with Gasteiger partial charge in [-0.25, -0.2) is 0 Å². The van der Waals surface area contributed by atoms with Crippen LogP contribution in [0.4, 0.5) is 0 Å². The summed E-state index contributed by atoms with van der Waals surface area (Å²) in [4.78, 5) is 29.9. The minimum atomic E-state index is -0.0865. The Kier molecular flexibility index (Phi) is 7.55. The second-order valence-corrected chi connectivity index (χ2v) is 9.63. The first-order valence-electron chi connectivity index (χ1n) is 12.2. The molecule has 0 saturated carbocycles. The Balaban J connectivity index is 1.28. The van der Waals surface area contributed by atoms with Gasteiger partial charge in [-0.15, -0.1) is 0 Å². The van der Waals surface area contributed by atoms with Gasteiger partial charge in [0.2, 0.25) is 11.8 Å². The molecule has 7 heteroatoms. The molecule has 0 aliphatic carbocycles. The Hall–Kier alpha value is -2.28. The molecular formula is C25H37N3O4. The first kappa shape index (κ1) is 22.9. The quantitative estimate of drug-likeness (QED) is 0.732. The summed E-state index contributed by atoms with van der Waals surface area (Å²) in [6.07, 6.45) is 5.19. The van der Waals surface area contributed by atoms with Gasteiger partial charge in [0, 0.05) is 19.0 Å². The minimum absolute atomic E-state index is 0.0272. The van der Waals surface area contributed by atoms with Crippen molar-refractivity contribution in [1.82, 2.24) is 15.1 Å². The third kappa shape index (κ3) is 5.55. The standard InChI is InChI=1S/C25H37N3O4/c1-18(2)24(20-6-7-21-22(16-20)32-15-14-31-21)26-23(29)17-27-12-8-19(9-13-27)25(30)28-10-4-3-5-11-28/h6-7,16,18-19,24H,3-5,8-15,17H2,1-2H3,(H,26,29)/t24-/m1/s1. The first-order chi connectivity index (χ1) is 15.5. The summed E-state index contributed by atoms with van der Waals surface area (Å²) >= 11 is 0. The van der Waals surface area contributed by atoms with E-state index in [0.717, 1.165) is 68.9 Å². The van der Waals surface area contributed by atoms with Crippen molar-refractivity contribution in [2.45, 2.75) is 52.0 Å². The second kappa shape index (κ2) is 10.6. The van der Waals surface area contributed by atoms with Crippen LogP contribution in [-0.4, -0.2) is 67.6 Å². The largest absolute Gasteiger partial charge is 0.486 e. The third-order valence-corrected chi connectivity index (χ3v) is 6.88. The van der Waals surface area contributed by atoms with Crippen molar-refractivity contribution in [2.24, 2.45) is 11.8 Å². The predicted octanol–water partition coefficient (Wildman–Crippen LogP) is 3.00. The van der Waals surface area contributed by atoms with Crippen molar-refractivity contribution < 1.29 is 19.1 Å². The lowest BCUT2D eigenvalue weighted by Gasteiger charge is -2.35. The number of benzene rings is 1. The molecular weight excluding hydrogens is 406 g/mol. The molecule has 0 bridgehead atoms. The molecule has 0 aromatic heterocycles. The molecule has 1 N–H and O–H groups in total. The summed E-state index contributed by atoms with van der Waals surface area (Å²) in [6, 6.07) is 5.83. The van der Waals surface area contributed by atoms with E-state index in [1.807, 2.05) is 18.2 Å². The van der Waals surface area contributed by atoms with Gasteiger partial charge in [-0.3, -0.25) is 14.5 Å². The van der Waals surface area contributed by atoms with Crippen molar-refractivity contribution in [3.05, 3.63) is 23.8 Å². The van der Waals surface area contributed by atoms with Gasteiger partial charge in [0.1, 0.15) is 13.2 Å². The van der Waals surface area contributed by atoms with Crippen LogP contribution in [0.5, 0.6) is 11.5 Å². The van der Waals surface area contributed by atoms with Gasteiger partial charge >= 0.3 is 0 Å².